The average molecular weight is 298 g/mol. The molecule has 0 atom stereocenters. The van der Waals surface area contributed by atoms with E-state index in [0.717, 1.165) is 6.42 Å². The quantitative estimate of drug-likeness (QED) is 0.859. The van der Waals surface area contributed by atoms with Gasteiger partial charge in [-0.25, -0.2) is 0 Å². The normalized spacial score (nSPS) is 10.0. The van der Waals surface area contributed by atoms with Gasteiger partial charge >= 0.3 is 0 Å². The Morgan fingerprint density at radius 3 is 2.41 bits per heavy atom. The van der Waals surface area contributed by atoms with Gasteiger partial charge in [0.2, 0.25) is 0 Å². The van der Waals surface area contributed by atoms with Crippen molar-refractivity contribution in [2.45, 2.75) is 13.3 Å². The van der Waals surface area contributed by atoms with Crippen LogP contribution in [0.2, 0.25) is 0 Å². The Labute approximate surface area is 129 Å². The number of hydrogen-bond acceptors (Lipinski definition) is 3. The molecule has 22 heavy (non-hydrogen) atoms. The number of amides is 2. The zero-order valence-electron chi connectivity index (χ0n) is 12.3. The number of rotatable bonds is 6. The van der Waals surface area contributed by atoms with E-state index in [9.17, 15) is 9.59 Å². The third kappa shape index (κ3) is 4.09. The van der Waals surface area contributed by atoms with Crippen LogP contribution in [0, 0.1) is 0 Å². The van der Waals surface area contributed by atoms with Gasteiger partial charge in [-0.2, -0.15) is 0 Å². The lowest BCUT2D eigenvalue weighted by Gasteiger charge is -2.10. The maximum Gasteiger partial charge on any atom is 0.262 e. The van der Waals surface area contributed by atoms with Crippen LogP contribution in [0.3, 0.4) is 0 Å². The molecule has 3 N–H and O–H groups in total. The van der Waals surface area contributed by atoms with E-state index in [1.165, 1.54) is 5.56 Å². The van der Waals surface area contributed by atoms with Crippen molar-refractivity contribution in [2.24, 2.45) is 5.73 Å². The van der Waals surface area contributed by atoms with Crippen molar-refractivity contribution in [2.75, 3.05) is 11.9 Å². The highest BCUT2D eigenvalue weighted by molar-refractivity contribution is 5.96. The lowest BCUT2D eigenvalue weighted by Crippen LogP contribution is -2.21. The fourth-order valence-electron chi connectivity index (χ4n) is 1.96. The molecule has 0 aliphatic carbocycles. The van der Waals surface area contributed by atoms with Crippen molar-refractivity contribution in [1.82, 2.24) is 0 Å². The number of nitrogens with two attached hydrogens (primary N) is 1. The molecule has 5 nitrogen and oxygen atoms in total. The Hall–Kier alpha value is -2.82. The number of hydrogen-bond donors (Lipinski definition) is 2. The van der Waals surface area contributed by atoms with Crippen molar-refractivity contribution < 1.29 is 14.3 Å². The van der Waals surface area contributed by atoms with Crippen molar-refractivity contribution in [3.05, 3.63) is 59.7 Å². The molecule has 0 heterocycles. The lowest BCUT2D eigenvalue weighted by molar-refractivity contribution is -0.118. The summed E-state index contributed by atoms with van der Waals surface area (Å²) in [6, 6.07) is 14.1. The van der Waals surface area contributed by atoms with Crippen molar-refractivity contribution in [3.8, 4) is 5.75 Å². The minimum Gasteiger partial charge on any atom is -0.483 e. The molecule has 0 saturated carbocycles. The van der Waals surface area contributed by atoms with Crippen LogP contribution in [-0.4, -0.2) is 18.4 Å². The molecule has 0 aromatic heterocycles. The Morgan fingerprint density at radius 2 is 1.77 bits per heavy atom. The Morgan fingerprint density at radius 1 is 1.09 bits per heavy atom. The summed E-state index contributed by atoms with van der Waals surface area (Å²) in [7, 11) is 0. The summed E-state index contributed by atoms with van der Waals surface area (Å²) >= 11 is 0. The van der Waals surface area contributed by atoms with Crippen LogP contribution < -0.4 is 15.8 Å². The van der Waals surface area contributed by atoms with E-state index in [-0.39, 0.29) is 18.1 Å². The first kappa shape index (κ1) is 15.6. The standard InChI is InChI=1S/C17H18N2O3/c1-2-12-7-9-13(10-8-12)19-16(20)11-22-15-6-4-3-5-14(15)17(18)21/h3-10H,2,11H2,1H3,(H2,18,21)(H,19,20). The number of carbonyl (C=O) groups excluding carboxylic acids is 2. The molecule has 2 aromatic carbocycles. The molecule has 0 bridgehead atoms. The predicted octanol–water partition coefficient (Wildman–Crippen LogP) is 2.37. The van der Waals surface area contributed by atoms with Crippen LogP contribution in [-0.2, 0) is 11.2 Å². The summed E-state index contributed by atoms with van der Waals surface area (Å²) in [4.78, 5) is 23.1. The number of para-hydroxylation sites is 1. The fraction of sp³-hybridized carbons (Fsp3) is 0.176. The van der Waals surface area contributed by atoms with Crippen LogP contribution in [0.15, 0.2) is 48.5 Å². The lowest BCUT2D eigenvalue weighted by atomic mass is 10.1. The molecular formula is C17H18N2O3. The molecular weight excluding hydrogens is 280 g/mol. The molecule has 0 fully saturated rings. The molecule has 2 amide bonds. The number of carbonyl (C=O) groups is 2. The first-order valence-electron chi connectivity index (χ1n) is 7.00. The maximum atomic E-state index is 11.9. The number of primary amides is 1. The van der Waals surface area contributed by atoms with E-state index in [1.807, 2.05) is 24.3 Å². The summed E-state index contributed by atoms with van der Waals surface area (Å²) < 4.78 is 5.36. The Kier molecular flexibility index (Phi) is 5.14. The van der Waals surface area contributed by atoms with E-state index in [1.54, 1.807) is 24.3 Å². The number of nitrogens with one attached hydrogen (secondary N) is 1. The molecule has 0 saturated heterocycles. The molecule has 0 spiro atoms. The summed E-state index contributed by atoms with van der Waals surface area (Å²) in [6.07, 6.45) is 0.946. The second-order valence-corrected chi connectivity index (χ2v) is 4.75. The van der Waals surface area contributed by atoms with Crippen LogP contribution in [0.5, 0.6) is 5.75 Å². The van der Waals surface area contributed by atoms with E-state index in [2.05, 4.69) is 12.2 Å². The van der Waals surface area contributed by atoms with Gasteiger partial charge < -0.3 is 15.8 Å². The maximum absolute atomic E-state index is 11.9. The second-order valence-electron chi connectivity index (χ2n) is 4.75. The van der Waals surface area contributed by atoms with Gasteiger partial charge in [-0.3, -0.25) is 9.59 Å². The van der Waals surface area contributed by atoms with Crippen molar-refractivity contribution in [3.63, 3.8) is 0 Å². The monoisotopic (exact) mass is 298 g/mol. The van der Waals surface area contributed by atoms with E-state index in [0.29, 0.717) is 11.4 Å². The van der Waals surface area contributed by atoms with Crippen LogP contribution in [0.25, 0.3) is 0 Å². The number of benzene rings is 2. The predicted molar refractivity (Wildman–Crippen MR) is 84.9 cm³/mol. The smallest absolute Gasteiger partial charge is 0.262 e. The highest BCUT2D eigenvalue weighted by Crippen LogP contribution is 2.17. The van der Waals surface area contributed by atoms with Gasteiger partial charge in [0, 0.05) is 5.69 Å². The third-order valence-corrected chi connectivity index (χ3v) is 3.16. The Balaban J connectivity index is 1.94. The summed E-state index contributed by atoms with van der Waals surface area (Å²) in [5, 5.41) is 2.73. The largest absolute Gasteiger partial charge is 0.483 e. The number of ether oxygens (including phenoxy) is 1. The van der Waals surface area contributed by atoms with Gasteiger partial charge in [0.05, 0.1) is 5.56 Å². The molecule has 5 heteroatoms. The first-order valence-corrected chi connectivity index (χ1v) is 7.00. The fourth-order valence-corrected chi connectivity index (χ4v) is 1.96. The Bertz CT molecular complexity index is 666. The van der Waals surface area contributed by atoms with Crippen molar-refractivity contribution in [1.29, 1.82) is 0 Å². The molecule has 2 aromatic rings. The van der Waals surface area contributed by atoms with Gasteiger partial charge in [-0.1, -0.05) is 31.2 Å². The van der Waals surface area contributed by atoms with Gasteiger partial charge in [-0.15, -0.1) is 0 Å². The van der Waals surface area contributed by atoms with E-state index in [4.69, 9.17) is 10.5 Å². The topological polar surface area (TPSA) is 81.4 Å². The van der Waals surface area contributed by atoms with Gasteiger partial charge in [-0.05, 0) is 36.2 Å². The summed E-state index contributed by atoms with van der Waals surface area (Å²) in [6.45, 7) is 1.87. The highest BCUT2D eigenvalue weighted by atomic mass is 16.5. The van der Waals surface area contributed by atoms with Gasteiger partial charge in [0.1, 0.15) is 5.75 Å². The van der Waals surface area contributed by atoms with Crippen LogP contribution >= 0.6 is 0 Å². The van der Waals surface area contributed by atoms with Gasteiger partial charge in [0.25, 0.3) is 11.8 Å². The van der Waals surface area contributed by atoms with E-state index < -0.39 is 5.91 Å². The molecule has 2 rings (SSSR count). The molecule has 0 aliphatic heterocycles. The first-order chi connectivity index (χ1) is 10.6. The molecule has 0 unspecified atom stereocenters. The minimum absolute atomic E-state index is 0.195. The zero-order chi connectivity index (χ0) is 15.9. The van der Waals surface area contributed by atoms with E-state index >= 15 is 0 Å². The SMILES string of the molecule is CCc1ccc(NC(=O)COc2ccccc2C(N)=O)cc1. The third-order valence-electron chi connectivity index (χ3n) is 3.16. The zero-order valence-corrected chi connectivity index (χ0v) is 12.3. The summed E-state index contributed by atoms with van der Waals surface area (Å²) in [5.41, 5.74) is 7.41. The molecule has 114 valence electrons. The molecule has 0 radical (unpaired) electrons. The molecule has 0 aliphatic rings. The minimum atomic E-state index is -0.592. The summed E-state index contributed by atoms with van der Waals surface area (Å²) in [5.74, 6) is -0.596. The average Bonchev–Trinajstić information content (AvgIpc) is 2.54. The number of aryl methyl sites for hydroxylation is 1. The highest BCUT2D eigenvalue weighted by Gasteiger charge is 2.10. The van der Waals surface area contributed by atoms with Crippen LogP contribution in [0.4, 0.5) is 5.69 Å². The number of anilines is 1. The van der Waals surface area contributed by atoms with Crippen LogP contribution in [0.1, 0.15) is 22.8 Å². The van der Waals surface area contributed by atoms with Gasteiger partial charge in [0.15, 0.2) is 6.61 Å². The van der Waals surface area contributed by atoms with Crippen molar-refractivity contribution >= 4 is 17.5 Å². The second kappa shape index (κ2) is 7.26.